The van der Waals surface area contributed by atoms with Gasteiger partial charge in [0.25, 0.3) is 5.91 Å². The summed E-state index contributed by atoms with van der Waals surface area (Å²) in [6.45, 7) is 6.69. The lowest BCUT2D eigenvalue weighted by Gasteiger charge is -2.38. The molecule has 0 spiro atoms. The molecule has 1 heterocycles. The third-order valence-electron chi connectivity index (χ3n) is 7.66. The van der Waals surface area contributed by atoms with Crippen LogP contribution in [-0.4, -0.2) is 36.6 Å². The number of amides is 1. The molecule has 1 atom stereocenters. The van der Waals surface area contributed by atoms with Crippen molar-refractivity contribution >= 4 is 46.8 Å². The molecule has 0 aromatic heterocycles. The van der Waals surface area contributed by atoms with Crippen LogP contribution in [0.4, 0.5) is 11.4 Å². The number of para-hydroxylation sites is 1. The second-order valence-corrected chi connectivity index (χ2v) is 12.6. The molecule has 1 aliphatic heterocycles. The molecule has 0 saturated carbocycles. The van der Waals surface area contributed by atoms with E-state index in [1.165, 1.54) is 19.8 Å². The number of rotatable bonds is 14. The first-order valence-electron chi connectivity index (χ1n) is 14.9. The number of ketones is 1. The molecule has 2 N–H and O–H groups in total. The average molecular weight is 606 g/mol. The highest BCUT2D eigenvalue weighted by molar-refractivity contribution is 7.98. The average Bonchev–Trinajstić information content (AvgIpc) is 3.17. The maximum atomic E-state index is 12.9. The molecule has 0 fully saturated rings. The topological polar surface area (TPSA) is 70.7 Å². The Bertz CT molecular complexity index is 1310. The van der Waals surface area contributed by atoms with Crippen molar-refractivity contribution in [2.45, 2.75) is 80.7 Å². The van der Waals surface area contributed by atoms with Crippen molar-refractivity contribution in [2.24, 2.45) is 0 Å². The fourth-order valence-electron chi connectivity index (χ4n) is 5.34. The molecule has 0 aliphatic carbocycles. The van der Waals surface area contributed by atoms with E-state index >= 15 is 0 Å². The summed E-state index contributed by atoms with van der Waals surface area (Å²) in [5.74, 6) is 0.200. The van der Waals surface area contributed by atoms with Crippen LogP contribution in [0.3, 0.4) is 0 Å². The number of fused-ring (bicyclic) bond motifs is 1. The molecule has 0 unspecified atom stereocenters. The highest BCUT2D eigenvalue weighted by Gasteiger charge is 2.36. The minimum absolute atomic E-state index is 0.0366. The maximum Gasteiger partial charge on any atom is 0.258 e. The van der Waals surface area contributed by atoms with Gasteiger partial charge in [0.2, 0.25) is 0 Å². The number of unbranched alkanes of at least 4 members (excludes halogenated alkanes) is 2. The van der Waals surface area contributed by atoms with Crippen LogP contribution in [0, 0.1) is 0 Å². The number of nitrogens with zero attached hydrogens (tertiary/aromatic N) is 1. The largest absolute Gasteiger partial charge is 0.483 e. The Morgan fingerprint density at radius 3 is 2.26 bits per heavy atom. The van der Waals surface area contributed by atoms with Crippen LogP contribution in [0.5, 0.6) is 5.75 Å². The van der Waals surface area contributed by atoms with Crippen LogP contribution >= 0.6 is 23.7 Å². The number of hydrogen-bond acceptors (Lipinski definition) is 7. The van der Waals surface area contributed by atoms with Gasteiger partial charge in [-0.2, -0.15) is 0 Å². The molecule has 3 aromatic rings. The van der Waals surface area contributed by atoms with Crippen LogP contribution in [-0.2, 0) is 9.59 Å². The number of Topliss-reactive ketones (excluding diaryl/α,β-unsaturated/α-hetero) is 1. The first-order chi connectivity index (χ1) is 20.4. The van der Waals surface area contributed by atoms with Crippen LogP contribution in [0.25, 0.3) is 0 Å². The number of carbonyl (C=O) groups is 2. The zero-order chi connectivity index (χ0) is 30.0. The minimum Gasteiger partial charge on any atom is -0.483 e. The molecule has 0 bridgehead atoms. The van der Waals surface area contributed by atoms with Gasteiger partial charge in [0.15, 0.2) is 12.4 Å². The Kier molecular flexibility index (Phi) is 11.8. The van der Waals surface area contributed by atoms with Crippen molar-refractivity contribution < 1.29 is 14.3 Å². The summed E-state index contributed by atoms with van der Waals surface area (Å²) in [7, 11) is 0. The van der Waals surface area contributed by atoms with Crippen LogP contribution in [0.2, 0.25) is 0 Å². The molecule has 0 saturated heterocycles. The van der Waals surface area contributed by atoms with Gasteiger partial charge >= 0.3 is 0 Å². The molecule has 3 aromatic carbocycles. The number of anilines is 2. The van der Waals surface area contributed by atoms with Crippen LogP contribution in [0.1, 0.15) is 70.9 Å². The van der Waals surface area contributed by atoms with Gasteiger partial charge < -0.3 is 15.0 Å². The minimum atomic E-state index is -0.701. The molecular formula is C34H43N3O3S2. The van der Waals surface area contributed by atoms with Crippen LogP contribution < -0.4 is 19.7 Å². The van der Waals surface area contributed by atoms with Crippen molar-refractivity contribution in [1.82, 2.24) is 10.0 Å². The van der Waals surface area contributed by atoms with E-state index in [2.05, 4.69) is 71.3 Å². The SMILES string of the molecule is CCCCC1(CCCC)CN(c2ccccc2)c2cc(SC)c(OCC(=O)N[C@@H](C(C)=O)c3ccccc3)cc2SN1. The Morgan fingerprint density at radius 2 is 1.67 bits per heavy atom. The maximum absolute atomic E-state index is 12.9. The first kappa shape index (κ1) is 32.0. The van der Waals surface area contributed by atoms with E-state index in [0.29, 0.717) is 5.75 Å². The van der Waals surface area contributed by atoms with E-state index in [1.807, 2.05) is 36.6 Å². The lowest BCUT2D eigenvalue weighted by atomic mass is 9.87. The number of hydrogen-bond donors (Lipinski definition) is 2. The Hall–Kier alpha value is -2.94. The monoisotopic (exact) mass is 605 g/mol. The number of carbonyl (C=O) groups excluding carboxylic acids is 2. The Labute approximate surface area is 259 Å². The standard InChI is InChI=1S/C34H43N3O3S2/c1-5-7-19-34(20-8-6-2)24-37(27-17-13-10-14-18-27)28-21-31(41-4)29(22-30(28)42-36-34)40-23-32(39)35-33(25(3)38)26-15-11-9-12-16-26/h9-18,21-22,33,36H,5-8,19-20,23-24H2,1-4H3,(H,35,39)/t33-/m0/s1. The predicted molar refractivity (Wildman–Crippen MR) is 176 cm³/mol. The van der Waals surface area contributed by atoms with Gasteiger partial charge in [-0.1, -0.05) is 88.1 Å². The summed E-state index contributed by atoms with van der Waals surface area (Å²) in [5.41, 5.74) is 3.02. The van der Waals surface area contributed by atoms with E-state index in [0.717, 1.165) is 59.0 Å². The molecular weight excluding hydrogens is 563 g/mol. The Morgan fingerprint density at radius 1 is 1.02 bits per heavy atom. The molecule has 0 radical (unpaired) electrons. The van der Waals surface area contributed by atoms with Crippen molar-refractivity contribution in [2.75, 3.05) is 24.3 Å². The van der Waals surface area contributed by atoms with E-state index in [1.54, 1.807) is 23.7 Å². The summed E-state index contributed by atoms with van der Waals surface area (Å²) in [4.78, 5) is 29.7. The normalized spacial score (nSPS) is 14.9. The van der Waals surface area contributed by atoms with E-state index in [-0.39, 0.29) is 23.8 Å². The molecule has 4 rings (SSSR count). The van der Waals surface area contributed by atoms with Gasteiger partial charge in [0.05, 0.1) is 15.5 Å². The van der Waals surface area contributed by atoms with Gasteiger partial charge in [-0.05, 0) is 67.8 Å². The summed E-state index contributed by atoms with van der Waals surface area (Å²) in [6, 6.07) is 23.4. The fraction of sp³-hybridized carbons (Fsp3) is 0.412. The highest BCUT2D eigenvalue weighted by atomic mass is 32.2. The molecule has 8 heteroatoms. The number of ether oxygens (including phenoxy) is 1. The molecule has 6 nitrogen and oxygen atoms in total. The number of benzene rings is 3. The molecule has 42 heavy (non-hydrogen) atoms. The summed E-state index contributed by atoms with van der Waals surface area (Å²) in [5, 5.41) is 2.85. The third-order valence-corrected chi connectivity index (χ3v) is 9.50. The van der Waals surface area contributed by atoms with Gasteiger partial charge in [-0.15, -0.1) is 11.8 Å². The zero-order valence-corrected chi connectivity index (χ0v) is 26.8. The zero-order valence-electron chi connectivity index (χ0n) is 25.2. The smallest absolute Gasteiger partial charge is 0.258 e. The molecule has 1 amide bonds. The first-order valence-corrected chi connectivity index (χ1v) is 16.9. The van der Waals surface area contributed by atoms with Crippen molar-refractivity contribution in [3.63, 3.8) is 0 Å². The van der Waals surface area contributed by atoms with Crippen molar-refractivity contribution in [3.8, 4) is 5.75 Å². The van der Waals surface area contributed by atoms with Gasteiger partial charge in [0, 0.05) is 17.8 Å². The predicted octanol–water partition coefficient (Wildman–Crippen LogP) is 8.10. The lowest BCUT2D eigenvalue weighted by Crippen LogP contribution is -2.49. The van der Waals surface area contributed by atoms with E-state index < -0.39 is 6.04 Å². The van der Waals surface area contributed by atoms with E-state index in [9.17, 15) is 9.59 Å². The lowest BCUT2D eigenvalue weighted by molar-refractivity contribution is -0.128. The summed E-state index contributed by atoms with van der Waals surface area (Å²) >= 11 is 3.27. The van der Waals surface area contributed by atoms with Gasteiger partial charge in [-0.3, -0.25) is 14.3 Å². The van der Waals surface area contributed by atoms with Crippen molar-refractivity contribution in [1.29, 1.82) is 0 Å². The fourth-order valence-corrected chi connectivity index (χ4v) is 6.93. The van der Waals surface area contributed by atoms with E-state index in [4.69, 9.17) is 4.74 Å². The second-order valence-electron chi connectivity index (χ2n) is 10.9. The number of thioether (sulfide) groups is 1. The summed E-state index contributed by atoms with van der Waals surface area (Å²) in [6.07, 6.45) is 8.88. The quantitative estimate of drug-likeness (QED) is 0.142. The molecule has 1 aliphatic rings. The van der Waals surface area contributed by atoms with Gasteiger partial charge in [-0.25, -0.2) is 0 Å². The van der Waals surface area contributed by atoms with Gasteiger partial charge in [0.1, 0.15) is 11.8 Å². The second kappa shape index (κ2) is 15.5. The number of nitrogens with one attached hydrogen (secondary N) is 2. The van der Waals surface area contributed by atoms with Crippen molar-refractivity contribution in [3.05, 3.63) is 78.4 Å². The van der Waals surface area contributed by atoms with Crippen LogP contribution in [0.15, 0.2) is 82.6 Å². The Balaban J connectivity index is 1.61. The third kappa shape index (κ3) is 8.12. The summed E-state index contributed by atoms with van der Waals surface area (Å²) < 4.78 is 10.0. The molecule has 224 valence electrons. The highest BCUT2D eigenvalue weighted by Crippen LogP contribution is 2.45.